The monoisotopic (exact) mass is 287 g/mol. The summed E-state index contributed by atoms with van der Waals surface area (Å²) in [5, 5.41) is 3.52. The van der Waals surface area contributed by atoms with Gasteiger partial charge in [-0.1, -0.05) is 39.3 Å². The highest BCUT2D eigenvalue weighted by Crippen LogP contribution is 2.22. The van der Waals surface area contributed by atoms with Crippen molar-refractivity contribution in [2.24, 2.45) is 11.3 Å². The smallest absolute Gasteiger partial charge is 0.145 e. The van der Waals surface area contributed by atoms with E-state index in [1.54, 1.807) is 6.07 Å². The second-order valence-corrected chi connectivity index (χ2v) is 6.46. The van der Waals surface area contributed by atoms with Crippen LogP contribution in [0.3, 0.4) is 0 Å². The van der Waals surface area contributed by atoms with Gasteiger partial charge in [0.05, 0.1) is 11.6 Å². The fourth-order valence-electron chi connectivity index (χ4n) is 1.60. The summed E-state index contributed by atoms with van der Waals surface area (Å²) in [6, 6.07) is 4.51. The van der Waals surface area contributed by atoms with E-state index in [2.05, 4.69) is 33.0 Å². The van der Waals surface area contributed by atoms with Gasteiger partial charge in [0, 0.05) is 18.0 Å². The maximum absolute atomic E-state index is 13.3. The van der Waals surface area contributed by atoms with Crippen molar-refractivity contribution in [3.8, 4) is 5.75 Å². The van der Waals surface area contributed by atoms with Crippen LogP contribution in [0.2, 0.25) is 5.02 Å². The van der Waals surface area contributed by atoms with Gasteiger partial charge in [-0.25, -0.2) is 4.39 Å². The average Bonchev–Trinajstić information content (AvgIpc) is 2.30. The van der Waals surface area contributed by atoms with Crippen molar-refractivity contribution in [2.75, 3.05) is 19.7 Å². The third-order valence-electron chi connectivity index (χ3n) is 2.68. The zero-order chi connectivity index (χ0) is 14.5. The molecule has 0 aliphatic heterocycles. The maximum Gasteiger partial charge on any atom is 0.145 e. The summed E-state index contributed by atoms with van der Waals surface area (Å²) in [4.78, 5) is 0. The lowest BCUT2D eigenvalue weighted by atomic mass is 9.94. The van der Waals surface area contributed by atoms with Crippen molar-refractivity contribution in [3.05, 3.63) is 29.0 Å². The van der Waals surface area contributed by atoms with Gasteiger partial charge in [0.25, 0.3) is 0 Å². The Morgan fingerprint density at radius 3 is 2.63 bits per heavy atom. The Balaban J connectivity index is 2.43. The quantitative estimate of drug-likeness (QED) is 0.814. The predicted octanol–water partition coefficient (Wildman–Crippen LogP) is 4.13. The molecule has 108 valence electrons. The Morgan fingerprint density at radius 1 is 1.37 bits per heavy atom. The summed E-state index contributed by atoms with van der Waals surface area (Å²) in [5.41, 5.74) is -0.00893. The molecule has 0 fully saturated rings. The second kappa shape index (κ2) is 7.11. The lowest BCUT2D eigenvalue weighted by Gasteiger charge is -2.25. The van der Waals surface area contributed by atoms with Crippen LogP contribution >= 0.6 is 11.6 Å². The first-order valence-electron chi connectivity index (χ1n) is 6.59. The molecule has 0 heterocycles. The van der Waals surface area contributed by atoms with Crippen LogP contribution < -0.4 is 10.1 Å². The first-order valence-corrected chi connectivity index (χ1v) is 6.96. The number of rotatable bonds is 7. The molecule has 1 aromatic rings. The Labute approximate surface area is 120 Å². The number of halogens is 2. The van der Waals surface area contributed by atoms with Crippen molar-refractivity contribution in [3.63, 3.8) is 0 Å². The van der Waals surface area contributed by atoms with Crippen molar-refractivity contribution in [1.82, 2.24) is 5.32 Å². The van der Waals surface area contributed by atoms with Gasteiger partial charge < -0.3 is 10.1 Å². The molecule has 19 heavy (non-hydrogen) atoms. The molecule has 0 aliphatic carbocycles. The van der Waals surface area contributed by atoms with E-state index >= 15 is 0 Å². The van der Waals surface area contributed by atoms with Crippen LogP contribution in [0.1, 0.15) is 27.7 Å². The fraction of sp³-hybridized carbons (Fsp3) is 0.600. The summed E-state index contributed by atoms with van der Waals surface area (Å²) in [6.07, 6.45) is 0. The fourth-order valence-corrected chi connectivity index (χ4v) is 1.71. The van der Waals surface area contributed by atoms with Gasteiger partial charge in [-0.05, 0) is 24.6 Å². The topological polar surface area (TPSA) is 21.3 Å². The highest BCUT2D eigenvalue weighted by molar-refractivity contribution is 6.30. The van der Waals surface area contributed by atoms with E-state index in [1.807, 2.05) is 0 Å². The van der Waals surface area contributed by atoms with Crippen molar-refractivity contribution >= 4 is 11.6 Å². The average molecular weight is 288 g/mol. The summed E-state index contributed by atoms with van der Waals surface area (Å²) in [5.74, 6) is 0.691. The highest BCUT2D eigenvalue weighted by Gasteiger charge is 2.19. The van der Waals surface area contributed by atoms with Crippen molar-refractivity contribution < 1.29 is 9.13 Å². The second-order valence-electron chi connectivity index (χ2n) is 6.05. The van der Waals surface area contributed by atoms with Crippen molar-refractivity contribution in [2.45, 2.75) is 27.7 Å². The van der Waals surface area contributed by atoms with E-state index in [-0.39, 0.29) is 10.4 Å². The summed E-state index contributed by atoms with van der Waals surface area (Å²) < 4.78 is 18.9. The molecular weight excluding hydrogens is 265 g/mol. The molecule has 0 atom stereocenters. The molecule has 0 aliphatic rings. The highest BCUT2D eigenvalue weighted by atomic mass is 35.5. The minimum atomic E-state index is -0.449. The van der Waals surface area contributed by atoms with Crippen LogP contribution in [0.4, 0.5) is 4.39 Å². The molecular formula is C15H23ClFNO. The van der Waals surface area contributed by atoms with E-state index in [4.69, 9.17) is 16.3 Å². The van der Waals surface area contributed by atoms with Gasteiger partial charge in [-0.2, -0.15) is 0 Å². The van der Waals surface area contributed by atoms with Gasteiger partial charge in [-0.15, -0.1) is 0 Å². The van der Waals surface area contributed by atoms with Crippen LogP contribution in [0, 0.1) is 17.2 Å². The summed E-state index contributed by atoms with van der Waals surface area (Å²) in [6.45, 7) is 11.0. The van der Waals surface area contributed by atoms with Crippen LogP contribution in [-0.2, 0) is 0 Å². The molecule has 0 bridgehead atoms. The normalized spacial score (nSPS) is 11.9. The van der Waals surface area contributed by atoms with Crippen LogP contribution in [-0.4, -0.2) is 19.7 Å². The molecule has 4 heteroatoms. The minimum absolute atomic E-state index is 0.00893. The third kappa shape index (κ3) is 6.26. The Morgan fingerprint density at radius 2 is 2.05 bits per heavy atom. The van der Waals surface area contributed by atoms with Crippen LogP contribution in [0.15, 0.2) is 18.2 Å². The number of hydrogen-bond acceptors (Lipinski definition) is 2. The predicted molar refractivity (Wildman–Crippen MR) is 78.4 cm³/mol. The lowest BCUT2D eigenvalue weighted by molar-refractivity contribution is 0.175. The summed E-state index contributed by atoms with van der Waals surface area (Å²) >= 11 is 5.63. The third-order valence-corrected chi connectivity index (χ3v) is 2.98. The zero-order valence-corrected chi connectivity index (χ0v) is 12.9. The van der Waals surface area contributed by atoms with Gasteiger partial charge in [0.1, 0.15) is 11.6 Å². The molecule has 0 amide bonds. The number of ether oxygens (including phenoxy) is 1. The van der Waals surface area contributed by atoms with Crippen molar-refractivity contribution in [1.29, 1.82) is 0 Å². The Hall–Kier alpha value is -0.800. The SMILES string of the molecule is CC(C)CNCC(C)(C)COc1ccc(Cl)c(F)c1. The zero-order valence-electron chi connectivity index (χ0n) is 12.1. The summed E-state index contributed by atoms with van der Waals surface area (Å²) in [7, 11) is 0. The van der Waals surface area contributed by atoms with Gasteiger partial charge in [0.2, 0.25) is 0 Å². The first-order chi connectivity index (χ1) is 8.80. The largest absolute Gasteiger partial charge is 0.493 e. The van der Waals surface area contributed by atoms with Gasteiger partial charge >= 0.3 is 0 Å². The van der Waals surface area contributed by atoms with E-state index in [0.29, 0.717) is 18.3 Å². The van der Waals surface area contributed by atoms with E-state index < -0.39 is 5.82 Å². The minimum Gasteiger partial charge on any atom is -0.493 e. The van der Waals surface area contributed by atoms with E-state index in [1.165, 1.54) is 12.1 Å². The first kappa shape index (κ1) is 16.3. The molecule has 0 saturated carbocycles. The molecule has 1 rings (SSSR count). The van der Waals surface area contributed by atoms with Gasteiger partial charge in [0.15, 0.2) is 0 Å². The molecule has 0 unspecified atom stereocenters. The van der Waals surface area contributed by atoms with Crippen LogP contribution in [0.25, 0.3) is 0 Å². The van der Waals surface area contributed by atoms with E-state index in [9.17, 15) is 4.39 Å². The van der Waals surface area contributed by atoms with E-state index in [0.717, 1.165) is 13.1 Å². The van der Waals surface area contributed by atoms with Crippen LogP contribution in [0.5, 0.6) is 5.75 Å². The Kier molecular flexibility index (Phi) is 6.08. The maximum atomic E-state index is 13.3. The molecule has 1 N–H and O–H groups in total. The lowest BCUT2D eigenvalue weighted by Crippen LogP contribution is -2.35. The standard InChI is InChI=1S/C15H23ClFNO/c1-11(2)8-18-9-15(3,4)10-19-12-5-6-13(16)14(17)7-12/h5-7,11,18H,8-10H2,1-4H3. The molecule has 2 nitrogen and oxygen atoms in total. The molecule has 0 radical (unpaired) electrons. The Bertz CT molecular complexity index is 407. The number of nitrogens with one attached hydrogen (secondary N) is 1. The number of hydrogen-bond donors (Lipinski definition) is 1. The molecule has 0 spiro atoms. The molecule has 1 aromatic carbocycles. The molecule has 0 aromatic heterocycles. The number of benzene rings is 1. The van der Waals surface area contributed by atoms with Gasteiger partial charge in [-0.3, -0.25) is 0 Å². The molecule has 0 saturated heterocycles.